The maximum atomic E-state index is 5.68. The van der Waals surface area contributed by atoms with E-state index in [9.17, 15) is 0 Å². The molecule has 1 aliphatic heterocycles. The molecule has 0 saturated carbocycles. The third-order valence-electron chi connectivity index (χ3n) is 4.45. The predicted molar refractivity (Wildman–Crippen MR) is 85.3 cm³/mol. The summed E-state index contributed by atoms with van der Waals surface area (Å²) >= 11 is 0. The first-order chi connectivity index (χ1) is 10.4. The van der Waals surface area contributed by atoms with E-state index in [0.29, 0.717) is 6.04 Å². The maximum absolute atomic E-state index is 5.68. The summed E-state index contributed by atoms with van der Waals surface area (Å²) in [6.45, 7) is 10.7. The summed E-state index contributed by atoms with van der Waals surface area (Å²) in [7, 11) is 0. The average molecular weight is 302 g/mol. The van der Waals surface area contributed by atoms with E-state index >= 15 is 0 Å². The van der Waals surface area contributed by atoms with Crippen LogP contribution in [0.25, 0.3) is 0 Å². The van der Waals surface area contributed by atoms with Gasteiger partial charge < -0.3 is 4.42 Å². The molecular formula is C17H26N4O. The van der Waals surface area contributed by atoms with Crippen molar-refractivity contribution in [2.75, 3.05) is 6.54 Å². The minimum Gasteiger partial charge on any atom is -0.468 e. The molecule has 0 bridgehead atoms. The molecule has 5 heteroatoms. The van der Waals surface area contributed by atoms with Crippen LogP contribution in [-0.4, -0.2) is 26.2 Å². The summed E-state index contributed by atoms with van der Waals surface area (Å²) in [5, 5.41) is 4.41. The molecule has 2 atom stereocenters. The molecule has 0 aromatic carbocycles. The minimum atomic E-state index is -0.0465. The Labute approximate surface area is 132 Å². The van der Waals surface area contributed by atoms with Crippen LogP contribution < -0.4 is 0 Å². The average Bonchev–Trinajstić information content (AvgIpc) is 3.10. The third kappa shape index (κ3) is 3.09. The lowest BCUT2D eigenvalue weighted by Gasteiger charge is -2.37. The van der Waals surface area contributed by atoms with Crippen LogP contribution in [0.3, 0.4) is 0 Å². The van der Waals surface area contributed by atoms with Gasteiger partial charge in [-0.15, -0.1) is 0 Å². The predicted octanol–water partition coefficient (Wildman–Crippen LogP) is 3.60. The third-order valence-corrected chi connectivity index (χ3v) is 4.45. The van der Waals surface area contributed by atoms with Crippen molar-refractivity contribution in [1.82, 2.24) is 19.7 Å². The van der Waals surface area contributed by atoms with Crippen LogP contribution in [0.5, 0.6) is 0 Å². The van der Waals surface area contributed by atoms with Gasteiger partial charge in [-0.25, -0.2) is 9.67 Å². The Morgan fingerprint density at radius 3 is 2.86 bits per heavy atom. The number of likely N-dealkylation sites (tertiary alicyclic amines) is 1. The second-order valence-electron chi connectivity index (χ2n) is 7.39. The van der Waals surface area contributed by atoms with E-state index in [1.54, 1.807) is 12.6 Å². The molecule has 22 heavy (non-hydrogen) atoms. The fraction of sp³-hybridized carbons (Fsp3) is 0.647. The zero-order chi connectivity index (χ0) is 15.7. The molecule has 2 aromatic rings. The molecule has 3 heterocycles. The standard InChI is InChI=1S/C17H26N4O/c1-13-7-8-20(14(10-13)15-6-5-9-22-15)11-16-18-12-19-21(16)17(2,3)4/h5-6,9,12-14H,7-8,10-11H2,1-4H3. The van der Waals surface area contributed by atoms with Crippen molar-refractivity contribution in [3.8, 4) is 0 Å². The number of furan rings is 1. The Hall–Kier alpha value is -1.62. The van der Waals surface area contributed by atoms with E-state index in [1.165, 1.54) is 6.42 Å². The number of hydrogen-bond donors (Lipinski definition) is 0. The van der Waals surface area contributed by atoms with Crippen LogP contribution in [0, 0.1) is 5.92 Å². The lowest BCUT2D eigenvalue weighted by Crippen LogP contribution is -2.37. The van der Waals surface area contributed by atoms with Crippen molar-refractivity contribution < 1.29 is 4.42 Å². The quantitative estimate of drug-likeness (QED) is 0.869. The summed E-state index contributed by atoms with van der Waals surface area (Å²) in [5.74, 6) is 2.82. The summed E-state index contributed by atoms with van der Waals surface area (Å²) in [4.78, 5) is 6.97. The summed E-state index contributed by atoms with van der Waals surface area (Å²) < 4.78 is 7.72. The molecule has 1 fully saturated rings. The monoisotopic (exact) mass is 302 g/mol. The molecule has 1 aliphatic rings. The second-order valence-corrected chi connectivity index (χ2v) is 7.39. The molecule has 3 rings (SSSR count). The normalized spacial score (nSPS) is 23.8. The summed E-state index contributed by atoms with van der Waals surface area (Å²) in [6, 6.07) is 4.40. The Morgan fingerprint density at radius 2 is 2.18 bits per heavy atom. The van der Waals surface area contributed by atoms with Gasteiger partial charge in [0.2, 0.25) is 0 Å². The van der Waals surface area contributed by atoms with Gasteiger partial charge in [0.05, 0.1) is 24.4 Å². The molecule has 120 valence electrons. The number of rotatable bonds is 3. The molecule has 5 nitrogen and oxygen atoms in total. The van der Waals surface area contributed by atoms with Gasteiger partial charge >= 0.3 is 0 Å². The van der Waals surface area contributed by atoms with Gasteiger partial charge in [-0.2, -0.15) is 5.10 Å². The Kier molecular flexibility index (Phi) is 4.08. The zero-order valence-electron chi connectivity index (χ0n) is 14.0. The van der Waals surface area contributed by atoms with Crippen molar-refractivity contribution >= 4 is 0 Å². The Balaban J connectivity index is 1.82. The first-order valence-electron chi connectivity index (χ1n) is 8.12. The van der Waals surface area contributed by atoms with E-state index in [1.807, 2.05) is 10.7 Å². The molecule has 2 unspecified atom stereocenters. The van der Waals surface area contributed by atoms with E-state index in [0.717, 1.165) is 37.0 Å². The molecule has 0 N–H and O–H groups in total. The molecule has 0 spiro atoms. The van der Waals surface area contributed by atoms with Crippen LogP contribution in [0.2, 0.25) is 0 Å². The van der Waals surface area contributed by atoms with Gasteiger partial charge in [0.25, 0.3) is 0 Å². The number of piperidine rings is 1. The SMILES string of the molecule is CC1CCN(Cc2ncnn2C(C)(C)C)C(c2ccco2)C1. The smallest absolute Gasteiger partial charge is 0.141 e. The highest BCUT2D eigenvalue weighted by molar-refractivity contribution is 5.07. The minimum absolute atomic E-state index is 0.0465. The van der Waals surface area contributed by atoms with Gasteiger partial charge in [0.15, 0.2) is 0 Å². The van der Waals surface area contributed by atoms with Crippen molar-refractivity contribution in [2.45, 2.75) is 58.7 Å². The van der Waals surface area contributed by atoms with Gasteiger partial charge in [-0.05, 0) is 58.2 Å². The highest BCUT2D eigenvalue weighted by Gasteiger charge is 2.31. The Bertz CT molecular complexity index is 596. The molecule has 1 saturated heterocycles. The highest BCUT2D eigenvalue weighted by atomic mass is 16.3. The van der Waals surface area contributed by atoms with Crippen LogP contribution in [0.4, 0.5) is 0 Å². The van der Waals surface area contributed by atoms with Crippen molar-refractivity contribution in [3.63, 3.8) is 0 Å². The van der Waals surface area contributed by atoms with Crippen molar-refractivity contribution in [1.29, 1.82) is 0 Å². The lowest BCUT2D eigenvalue weighted by atomic mass is 9.91. The fourth-order valence-corrected chi connectivity index (χ4v) is 3.27. The molecule has 0 amide bonds. The maximum Gasteiger partial charge on any atom is 0.141 e. The second kappa shape index (κ2) is 5.88. The summed E-state index contributed by atoms with van der Waals surface area (Å²) in [5.41, 5.74) is -0.0465. The molecule has 0 radical (unpaired) electrons. The van der Waals surface area contributed by atoms with Gasteiger partial charge in [0, 0.05) is 0 Å². The largest absolute Gasteiger partial charge is 0.468 e. The van der Waals surface area contributed by atoms with Crippen LogP contribution >= 0.6 is 0 Å². The van der Waals surface area contributed by atoms with Crippen molar-refractivity contribution in [2.24, 2.45) is 5.92 Å². The number of hydrogen-bond acceptors (Lipinski definition) is 4. The van der Waals surface area contributed by atoms with Gasteiger partial charge in [-0.3, -0.25) is 4.90 Å². The highest BCUT2D eigenvalue weighted by Crippen LogP contribution is 2.35. The first-order valence-corrected chi connectivity index (χ1v) is 8.12. The van der Waals surface area contributed by atoms with E-state index in [4.69, 9.17) is 4.42 Å². The van der Waals surface area contributed by atoms with E-state index in [2.05, 4.69) is 48.7 Å². The van der Waals surface area contributed by atoms with E-state index in [-0.39, 0.29) is 5.54 Å². The fourth-order valence-electron chi connectivity index (χ4n) is 3.27. The van der Waals surface area contributed by atoms with Gasteiger partial charge in [-0.1, -0.05) is 6.92 Å². The van der Waals surface area contributed by atoms with E-state index < -0.39 is 0 Å². The zero-order valence-corrected chi connectivity index (χ0v) is 14.0. The van der Waals surface area contributed by atoms with Crippen LogP contribution in [0.1, 0.15) is 58.2 Å². The number of aromatic nitrogens is 3. The molecule has 0 aliphatic carbocycles. The molecular weight excluding hydrogens is 276 g/mol. The summed E-state index contributed by atoms with van der Waals surface area (Å²) in [6.07, 6.45) is 5.79. The lowest BCUT2D eigenvalue weighted by molar-refractivity contribution is 0.0883. The topological polar surface area (TPSA) is 47.1 Å². The Morgan fingerprint density at radius 1 is 1.36 bits per heavy atom. The molecule has 2 aromatic heterocycles. The van der Waals surface area contributed by atoms with Crippen molar-refractivity contribution in [3.05, 3.63) is 36.3 Å². The first kappa shape index (κ1) is 15.3. The van der Waals surface area contributed by atoms with Crippen LogP contribution in [-0.2, 0) is 12.1 Å². The van der Waals surface area contributed by atoms with Crippen LogP contribution in [0.15, 0.2) is 29.1 Å². The van der Waals surface area contributed by atoms with Gasteiger partial charge in [0.1, 0.15) is 17.9 Å². The number of nitrogens with zero attached hydrogens (tertiary/aromatic N) is 4.